The fourth-order valence-electron chi connectivity index (χ4n) is 5.72. The van der Waals surface area contributed by atoms with Crippen LogP contribution >= 0.6 is 0 Å². The molecular weight excluding hydrogens is 597 g/mol. The number of nitrogens with one attached hydrogen (secondary N) is 2. The first-order valence-electron chi connectivity index (χ1n) is 16.0. The minimum Gasteiger partial charge on any atom is -0.446 e. The number of aliphatic hydroxyl groups is 1. The highest BCUT2D eigenvalue weighted by Gasteiger charge is 2.34. The molecule has 9 nitrogen and oxygen atoms in total. The molecule has 1 fully saturated rings. The maximum atomic E-state index is 14.0. The largest absolute Gasteiger partial charge is 0.446 e. The van der Waals surface area contributed by atoms with E-state index >= 15 is 0 Å². The van der Waals surface area contributed by atoms with Gasteiger partial charge in [-0.25, -0.2) is 9.37 Å². The number of oxazole rings is 1. The summed E-state index contributed by atoms with van der Waals surface area (Å²) in [5.41, 5.74) is 9.93. The number of nitrogens with zero attached hydrogens (tertiary/aromatic N) is 2. The second-order valence-electron chi connectivity index (χ2n) is 12.2. The quantitative estimate of drug-likeness (QED) is 0.165. The molecule has 47 heavy (non-hydrogen) atoms. The highest BCUT2D eigenvalue weighted by atomic mass is 19.1. The Balaban J connectivity index is 1.51. The normalized spacial score (nSPS) is 16.7. The van der Waals surface area contributed by atoms with Crippen LogP contribution in [0.4, 0.5) is 4.39 Å². The van der Waals surface area contributed by atoms with Gasteiger partial charge in [0.2, 0.25) is 5.89 Å². The molecule has 0 aliphatic carbocycles. The molecule has 0 bridgehead atoms. The van der Waals surface area contributed by atoms with Crippen LogP contribution < -0.4 is 16.4 Å². The van der Waals surface area contributed by atoms with Gasteiger partial charge in [0.15, 0.2) is 0 Å². The first-order chi connectivity index (χ1) is 22.6. The lowest BCUT2D eigenvalue weighted by atomic mass is 9.99. The summed E-state index contributed by atoms with van der Waals surface area (Å²) in [7, 11) is 0. The van der Waals surface area contributed by atoms with Crippen molar-refractivity contribution in [2.24, 2.45) is 11.7 Å². The highest BCUT2D eigenvalue weighted by Crippen LogP contribution is 2.33. The number of aromatic nitrogens is 1. The van der Waals surface area contributed by atoms with E-state index < -0.39 is 24.7 Å². The topological polar surface area (TPSA) is 134 Å². The van der Waals surface area contributed by atoms with Crippen molar-refractivity contribution in [1.29, 1.82) is 0 Å². The van der Waals surface area contributed by atoms with Gasteiger partial charge in [-0.3, -0.25) is 9.59 Å². The number of hydrogen-bond donors (Lipinski definition) is 4. The number of benzene rings is 2. The summed E-state index contributed by atoms with van der Waals surface area (Å²) in [6.45, 7) is 10.0. The third-order valence-electron chi connectivity index (χ3n) is 8.32. The fourth-order valence-corrected chi connectivity index (χ4v) is 5.72. The van der Waals surface area contributed by atoms with E-state index in [4.69, 9.17) is 10.2 Å². The molecule has 0 saturated carbocycles. The molecule has 1 aliphatic heterocycles. The third kappa shape index (κ3) is 9.49. The van der Waals surface area contributed by atoms with E-state index in [9.17, 15) is 19.1 Å². The van der Waals surface area contributed by atoms with E-state index in [2.05, 4.69) is 36.0 Å². The smallest absolute Gasteiger partial charge is 0.254 e. The van der Waals surface area contributed by atoms with Crippen LogP contribution in [0.25, 0.3) is 0 Å². The van der Waals surface area contributed by atoms with E-state index in [1.165, 1.54) is 24.4 Å². The second kappa shape index (κ2) is 16.9. The van der Waals surface area contributed by atoms with Gasteiger partial charge in [-0.1, -0.05) is 62.9 Å². The van der Waals surface area contributed by atoms with Crippen LogP contribution in [0.1, 0.15) is 76.2 Å². The third-order valence-corrected chi connectivity index (χ3v) is 8.32. The number of nitrogens with two attached hydrogens (primary N) is 1. The fraction of sp³-hybridized carbons (Fsp3) is 0.378. The van der Waals surface area contributed by atoms with Crippen molar-refractivity contribution in [2.45, 2.75) is 64.9 Å². The molecule has 10 heteroatoms. The van der Waals surface area contributed by atoms with Crippen LogP contribution in [0.3, 0.4) is 0 Å². The second-order valence-corrected chi connectivity index (χ2v) is 12.2. The number of alkyl halides is 1. The van der Waals surface area contributed by atoms with Crippen molar-refractivity contribution in [2.75, 3.05) is 19.6 Å². The lowest BCUT2D eigenvalue weighted by molar-refractivity contribution is 0.0715. The molecule has 1 aromatic heterocycles. The summed E-state index contributed by atoms with van der Waals surface area (Å²) >= 11 is 0. The Kier molecular flexibility index (Phi) is 12.7. The number of hydrogen-bond acceptors (Lipinski definition) is 7. The van der Waals surface area contributed by atoms with Gasteiger partial charge in [0.25, 0.3) is 11.8 Å². The van der Waals surface area contributed by atoms with E-state index in [0.717, 1.165) is 28.8 Å². The Bertz CT molecular complexity index is 1580. The van der Waals surface area contributed by atoms with E-state index in [0.29, 0.717) is 31.8 Å². The predicted molar refractivity (Wildman–Crippen MR) is 181 cm³/mol. The number of carbonyl (C=O) groups excluding carboxylic acids is 2. The number of likely N-dealkylation sites (tertiary alicyclic amines) is 1. The molecule has 1 saturated heterocycles. The van der Waals surface area contributed by atoms with Crippen LogP contribution in [0.15, 0.2) is 95.3 Å². The van der Waals surface area contributed by atoms with E-state index in [1.807, 2.05) is 43.3 Å². The van der Waals surface area contributed by atoms with Crippen LogP contribution in [0, 0.1) is 12.8 Å². The number of aryl methyl sites for hydroxylation is 1. The molecule has 3 atom stereocenters. The molecule has 4 rings (SSSR count). The number of carbonyl (C=O) groups is 2. The van der Waals surface area contributed by atoms with Crippen molar-refractivity contribution < 1.29 is 23.5 Å². The van der Waals surface area contributed by atoms with Gasteiger partial charge >= 0.3 is 0 Å². The SMILES string of the molecule is C=C/C(=C\C(=C/N)CNC[C@@H](O)[C@H](Cc1ccccc1)NC(=O)c1cc(CF)cc(C(=O)N2CCC[C@@H]2c2nc(C)co2)c1)C(C)C. The Hall–Kier alpha value is -4.54. The zero-order chi connectivity index (χ0) is 33.9. The maximum Gasteiger partial charge on any atom is 0.254 e. The number of amides is 2. The highest BCUT2D eigenvalue weighted by molar-refractivity contribution is 6.00. The first-order valence-corrected chi connectivity index (χ1v) is 16.0. The molecule has 250 valence electrons. The molecule has 0 spiro atoms. The lowest BCUT2D eigenvalue weighted by Crippen LogP contribution is -2.49. The van der Waals surface area contributed by atoms with E-state index in [1.54, 1.807) is 17.2 Å². The zero-order valence-electron chi connectivity index (χ0n) is 27.4. The predicted octanol–water partition coefficient (Wildman–Crippen LogP) is 5.33. The molecule has 0 unspecified atom stereocenters. The van der Waals surface area contributed by atoms with Gasteiger partial charge in [-0.2, -0.15) is 0 Å². The summed E-state index contributed by atoms with van der Waals surface area (Å²) in [5, 5.41) is 17.5. The molecule has 5 N–H and O–H groups in total. The van der Waals surface area contributed by atoms with Crippen molar-refractivity contribution in [3.8, 4) is 0 Å². The van der Waals surface area contributed by atoms with E-state index in [-0.39, 0.29) is 41.1 Å². The molecule has 1 aliphatic rings. The molecular formula is C37H46FN5O4. The van der Waals surface area contributed by atoms with Crippen LogP contribution in [-0.4, -0.2) is 58.6 Å². The molecule has 2 heterocycles. The Morgan fingerprint density at radius 2 is 1.94 bits per heavy atom. The van der Waals surface area contributed by atoms with Gasteiger partial charge in [0.1, 0.15) is 19.0 Å². The monoisotopic (exact) mass is 643 g/mol. The standard InChI is InChI=1S/C37H46FN5O4/c1-5-29(24(2)3)16-28(20-39)21-40-22-34(44)32(17-26-10-7-6-8-11-26)42-35(45)30-14-27(19-38)15-31(18-30)37(46)43-13-9-12-33(43)36-41-25(4)23-47-36/h5-8,10-11,14-16,18,20,23-24,32-34,40,44H,1,9,12-13,17,19,21-22,39H2,2-4H3,(H,42,45)/b28-20+,29-16+/t32-,33+,34+/m0/s1. The Morgan fingerprint density at radius 1 is 1.19 bits per heavy atom. The van der Waals surface area contributed by atoms with Gasteiger partial charge in [0, 0.05) is 30.8 Å². The number of allylic oxidation sites excluding steroid dienone is 2. The molecule has 2 amide bonds. The average molecular weight is 644 g/mol. The van der Waals surface area contributed by atoms with Crippen LogP contribution in [0.5, 0.6) is 0 Å². The summed E-state index contributed by atoms with van der Waals surface area (Å²) in [4.78, 5) is 33.5. The van der Waals surface area contributed by atoms with Crippen LogP contribution in [-0.2, 0) is 13.1 Å². The number of halogens is 1. The lowest BCUT2D eigenvalue weighted by Gasteiger charge is -2.26. The number of rotatable bonds is 15. The van der Waals surface area contributed by atoms with Gasteiger partial charge in [-0.05, 0) is 78.8 Å². The Morgan fingerprint density at radius 3 is 2.57 bits per heavy atom. The molecule has 0 radical (unpaired) electrons. The van der Waals surface area contributed by atoms with Gasteiger partial charge < -0.3 is 30.8 Å². The summed E-state index contributed by atoms with van der Waals surface area (Å²) in [6.07, 6.45) is 7.66. The maximum absolute atomic E-state index is 14.0. The van der Waals surface area contributed by atoms with Crippen molar-refractivity contribution >= 4 is 11.8 Å². The summed E-state index contributed by atoms with van der Waals surface area (Å²) < 4.78 is 19.6. The zero-order valence-corrected chi connectivity index (χ0v) is 27.4. The summed E-state index contributed by atoms with van der Waals surface area (Å²) in [6, 6.07) is 12.9. The van der Waals surface area contributed by atoms with Gasteiger partial charge in [-0.15, -0.1) is 0 Å². The molecule has 2 aromatic carbocycles. The minimum absolute atomic E-state index is 0.133. The Labute approximate surface area is 276 Å². The number of aliphatic hydroxyl groups excluding tert-OH is 1. The average Bonchev–Trinajstić information content (AvgIpc) is 3.74. The van der Waals surface area contributed by atoms with Crippen molar-refractivity contribution in [3.63, 3.8) is 0 Å². The van der Waals surface area contributed by atoms with Crippen molar-refractivity contribution in [3.05, 3.63) is 125 Å². The van der Waals surface area contributed by atoms with Crippen molar-refractivity contribution in [1.82, 2.24) is 20.5 Å². The summed E-state index contributed by atoms with van der Waals surface area (Å²) in [5.74, 6) is -0.105. The van der Waals surface area contributed by atoms with Gasteiger partial charge in [0.05, 0.1) is 17.8 Å². The minimum atomic E-state index is -0.980. The first kappa shape index (κ1) is 35.3. The van der Waals surface area contributed by atoms with Crippen LogP contribution in [0.2, 0.25) is 0 Å². The molecule has 3 aromatic rings.